The van der Waals surface area contributed by atoms with Crippen molar-refractivity contribution in [3.8, 4) is 0 Å². The summed E-state index contributed by atoms with van der Waals surface area (Å²) in [5.41, 5.74) is 13.4. The molecule has 4 heterocycles. The van der Waals surface area contributed by atoms with Crippen LogP contribution in [0.3, 0.4) is 0 Å². The van der Waals surface area contributed by atoms with E-state index >= 15 is 0 Å². The van der Waals surface area contributed by atoms with Crippen LogP contribution >= 0.6 is 0 Å². The smallest absolute Gasteiger partial charge is 0.0812 e. The third-order valence-electron chi connectivity index (χ3n) is 8.04. The Morgan fingerprint density at radius 1 is 0.571 bits per heavy atom. The van der Waals surface area contributed by atoms with Crippen molar-refractivity contribution in [3.63, 3.8) is 0 Å². The Morgan fingerprint density at radius 3 is 1.14 bits per heavy atom. The molecule has 5 rings (SSSR count). The molecule has 28 heavy (non-hydrogen) atoms. The summed E-state index contributed by atoms with van der Waals surface area (Å²) in [6.07, 6.45) is 6.22. The first-order valence-corrected chi connectivity index (χ1v) is 11.5. The predicted molar refractivity (Wildman–Crippen MR) is 106 cm³/mol. The van der Waals surface area contributed by atoms with Crippen molar-refractivity contribution in [2.24, 2.45) is 47.0 Å². The zero-order valence-electron chi connectivity index (χ0n) is 17.4. The Morgan fingerprint density at radius 2 is 0.857 bits per heavy atom. The van der Waals surface area contributed by atoms with E-state index in [2.05, 4.69) is 13.8 Å². The molecule has 0 bridgehead atoms. The van der Waals surface area contributed by atoms with E-state index in [0.29, 0.717) is 59.9 Å². The molecule has 1 aliphatic carbocycles. The van der Waals surface area contributed by atoms with Crippen molar-refractivity contribution in [2.75, 3.05) is 26.4 Å². The molecule has 6 nitrogen and oxygen atoms in total. The van der Waals surface area contributed by atoms with Crippen LogP contribution in [0.2, 0.25) is 0 Å². The molecule has 0 aromatic rings. The van der Waals surface area contributed by atoms with Crippen LogP contribution in [0.5, 0.6) is 0 Å². The molecule has 4 aliphatic heterocycles. The number of hydrogen-bond donors (Lipinski definition) is 2. The third-order valence-corrected chi connectivity index (χ3v) is 8.04. The number of epoxide rings is 4. The monoisotopic (exact) mass is 394 g/mol. The van der Waals surface area contributed by atoms with Crippen LogP contribution in [0, 0.1) is 35.5 Å². The highest BCUT2D eigenvalue weighted by atomic mass is 16.6. The third kappa shape index (κ3) is 4.42. The number of ether oxygens (including phenoxy) is 4. The Balaban J connectivity index is 1.48. The topological polar surface area (TPSA) is 102 Å². The van der Waals surface area contributed by atoms with E-state index in [9.17, 15) is 0 Å². The highest BCUT2D eigenvalue weighted by Gasteiger charge is 2.55. The van der Waals surface area contributed by atoms with Crippen LogP contribution < -0.4 is 11.5 Å². The largest absolute Gasteiger partial charge is 0.373 e. The maximum Gasteiger partial charge on any atom is 0.0812 e. The summed E-state index contributed by atoms with van der Waals surface area (Å²) in [6.45, 7) is 8.07. The molecule has 4 saturated heterocycles. The van der Waals surface area contributed by atoms with E-state index in [0.717, 1.165) is 52.1 Å². The van der Waals surface area contributed by atoms with Gasteiger partial charge in [0.25, 0.3) is 0 Å². The maximum atomic E-state index is 6.69. The van der Waals surface area contributed by atoms with E-state index in [4.69, 9.17) is 30.4 Å². The van der Waals surface area contributed by atoms with Gasteiger partial charge in [-0.25, -0.2) is 0 Å². The summed E-state index contributed by atoms with van der Waals surface area (Å²) in [7, 11) is 0. The van der Waals surface area contributed by atoms with Gasteiger partial charge in [-0.1, -0.05) is 0 Å². The highest BCUT2D eigenvalue weighted by Crippen LogP contribution is 2.56. The zero-order valence-corrected chi connectivity index (χ0v) is 17.4. The second-order valence-electron chi connectivity index (χ2n) is 10.3. The SMILES string of the molecule is CC(N)C1C(CC2CO2)C(CC2CO2)C(CC2CO2)C(C(C)N)C1CC1CO1. The van der Waals surface area contributed by atoms with Crippen molar-refractivity contribution in [2.45, 2.75) is 76.0 Å². The first-order chi connectivity index (χ1) is 13.5. The van der Waals surface area contributed by atoms with Crippen LogP contribution in [0.15, 0.2) is 0 Å². The summed E-state index contributed by atoms with van der Waals surface area (Å²) >= 11 is 0. The lowest BCUT2D eigenvalue weighted by atomic mass is 9.51. The van der Waals surface area contributed by atoms with Crippen molar-refractivity contribution >= 4 is 0 Å². The van der Waals surface area contributed by atoms with Crippen molar-refractivity contribution < 1.29 is 18.9 Å². The zero-order chi connectivity index (χ0) is 19.4. The predicted octanol–water partition coefficient (Wildman–Crippen LogP) is 1.55. The van der Waals surface area contributed by atoms with Gasteiger partial charge in [-0.3, -0.25) is 0 Å². The molecule has 10 unspecified atom stereocenters. The van der Waals surface area contributed by atoms with Crippen LogP contribution in [-0.2, 0) is 18.9 Å². The molecule has 4 N–H and O–H groups in total. The molecule has 5 aliphatic rings. The fourth-order valence-electron chi connectivity index (χ4n) is 6.70. The number of rotatable bonds is 10. The van der Waals surface area contributed by atoms with Crippen LogP contribution in [0.1, 0.15) is 39.5 Å². The van der Waals surface area contributed by atoms with Crippen LogP contribution in [-0.4, -0.2) is 62.9 Å². The van der Waals surface area contributed by atoms with Gasteiger partial charge in [-0.05, 0) is 75.0 Å². The molecule has 160 valence electrons. The fraction of sp³-hybridized carbons (Fsp3) is 1.00. The molecular weight excluding hydrogens is 356 g/mol. The number of hydrogen-bond acceptors (Lipinski definition) is 6. The molecule has 0 aromatic heterocycles. The summed E-state index contributed by atoms with van der Waals surface area (Å²) < 4.78 is 22.8. The van der Waals surface area contributed by atoms with E-state index < -0.39 is 0 Å². The van der Waals surface area contributed by atoms with E-state index in [-0.39, 0.29) is 12.1 Å². The van der Waals surface area contributed by atoms with Crippen molar-refractivity contribution in [1.29, 1.82) is 0 Å². The van der Waals surface area contributed by atoms with Gasteiger partial charge < -0.3 is 30.4 Å². The lowest BCUT2D eigenvalue weighted by Crippen LogP contribution is -2.56. The van der Waals surface area contributed by atoms with Gasteiger partial charge in [-0.2, -0.15) is 0 Å². The molecule has 1 saturated carbocycles. The van der Waals surface area contributed by atoms with Crippen molar-refractivity contribution in [1.82, 2.24) is 0 Å². The summed E-state index contributed by atoms with van der Waals surface area (Å²) in [5, 5.41) is 0. The highest BCUT2D eigenvalue weighted by molar-refractivity contribution is 5.05. The van der Waals surface area contributed by atoms with E-state index in [1.54, 1.807) is 0 Å². The molecular formula is C22H38N2O4. The lowest BCUT2D eigenvalue weighted by Gasteiger charge is -2.55. The van der Waals surface area contributed by atoms with Crippen LogP contribution in [0.25, 0.3) is 0 Å². The Hall–Kier alpha value is -0.240. The standard InChI is InChI=1S/C22H38N2O4/c1-11(23)21-18(4-14-8-26-14)17(3-13-7-25-13)19(5-15-9-27-15)22(12(2)24)20(21)6-16-10-28-16/h11-22H,3-10,23-24H2,1-2H3. The summed E-state index contributed by atoms with van der Waals surface area (Å²) in [6, 6.07) is 0.323. The van der Waals surface area contributed by atoms with Gasteiger partial charge in [-0.15, -0.1) is 0 Å². The minimum Gasteiger partial charge on any atom is -0.373 e. The van der Waals surface area contributed by atoms with E-state index in [1.165, 1.54) is 0 Å². The summed E-state index contributed by atoms with van der Waals surface area (Å²) in [5.74, 6) is 3.24. The first kappa shape index (κ1) is 19.7. The normalized spacial score (nSPS) is 51.4. The lowest BCUT2D eigenvalue weighted by molar-refractivity contribution is -0.0608. The Labute approximate surface area is 169 Å². The average molecular weight is 395 g/mol. The molecule has 6 heteroatoms. The van der Waals surface area contributed by atoms with Gasteiger partial charge in [0.05, 0.1) is 50.8 Å². The quantitative estimate of drug-likeness (QED) is 0.545. The molecule has 0 spiro atoms. The van der Waals surface area contributed by atoms with Gasteiger partial charge in [0.2, 0.25) is 0 Å². The molecule has 10 atom stereocenters. The van der Waals surface area contributed by atoms with E-state index in [1.807, 2.05) is 0 Å². The molecule has 5 fully saturated rings. The minimum absolute atomic E-state index is 0.162. The van der Waals surface area contributed by atoms with Gasteiger partial charge in [0.15, 0.2) is 0 Å². The first-order valence-electron chi connectivity index (χ1n) is 11.5. The molecule has 0 radical (unpaired) electrons. The van der Waals surface area contributed by atoms with Gasteiger partial charge >= 0.3 is 0 Å². The van der Waals surface area contributed by atoms with Gasteiger partial charge in [0, 0.05) is 12.1 Å². The second kappa shape index (κ2) is 7.78. The van der Waals surface area contributed by atoms with Crippen molar-refractivity contribution in [3.05, 3.63) is 0 Å². The number of nitrogens with two attached hydrogens (primary N) is 2. The minimum atomic E-state index is 0.162. The molecule has 0 aromatic carbocycles. The average Bonchev–Trinajstić information content (AvgIpc) is 3.45. The maximum absolute atomic E-state index is 6.69. The Bertz CT molecular complexity index is 509. The van der Waals surface area contributed by atoms with Crippen LogP contribution in [0.4, 0.5) is 0 Å². The second-order valence-corrected chi connectivity index (χ2v) is 10.3. The Kier molecular flexibility index (Phi) is 5.48. The summed E-state index contributed by atoms with van der Waals surface area (Å²) in [4.78, 5) is 0. The fourth-order valence-corrected chi connectivity index (χ4v) is 6.70. The molecule has 0 amide bonds. The van der Waals surface area contributed by atoms with Gasteiger partial charge in [0.1, 0.15) is 0 Å².